The van der Waals surface area contributed by atoms with Gasteiger partial charge < -0.3 is 5.73 Å². The van der Waals surface area contributed by atoms with Crippen molar-refractivity contribution in [3.63, 3.8) is 0 Å². The topological polar surface area (TPSA) is 62.7 Å². The van der Waals surface area contributed by atoms with Gasteiger partial charge >= 0.3 is 0 Å². The fraction of sp³-hybridized carbons (Fsp3) is 0.333. The molecule has 0 saturated heterocycles. The second kappa shape index (κ2) is 4.47. The Morgan fingerprint density at radius 1 is 1.58 bits per heavy atom. The zero-order chi connectivity index (χ0) is 8.81. The number of aromatic nitrogens is 1. The van der Waals surface area contributed by atoms with Crippen LogP contribution in [0.1, 0.15) is 12.1 Å². The van der Waals surface area contributed by atoms with Crippen molar-refractivity contribution in [2.75, 3.05) is 0 Å². The fourth-order valence-electron chi connectivity index (χ4n) is 0.977. The van der Waals surface area contributed by atoms with Gasteiger partial charge in [-0.1, -0.05) is 6.07 Å². The molecule has 1 rings (SSSR count). The van der Waals surface area contributed by atoms with Gasteiger partial charge in [-0.2, -0.15) is 5.26 Å². The summed E-state index contributed by atoms with van der Waals surface area (Å²) < 4.78 is 0. The highest BCUT2D eigenvalue weighted by molar-refractivity contribution is 5.05. The van der Waals surface area contributed by atoms with Crippen molar-refractivity contribution in [3.8, 4) is 6.07 Å². The van der Waals surface area contributed by atoms with Gasteiger partial charge in [0.2, 0.25) is 0 Å². The summed E-state index contributed by atoms with van der Waals surface area (Å²) in [7, 11) is 0. The van der Waals surface area contributed by atoms with Gasteiger partial charge in [-0.15, -0.1) is 0 Å². The summed E-state index contributed by atoms with van der Waals surface area (Å²) in [5.74, 6) is 0. The maximum atomic E-state index is 8.36. The smallest absolute Gasteiger partial charge is 0.0638 e. The molecule has 1 atom stereocenters. The molecular weight excluding hydrogens is 150 g/mol. The quantitative estimate of drug-likeness (QED) is 0.715. The van der Waals surface area contributed by atoms with Gasteiger partial charge in [-0.3, -0.25) is 4.98 Å². The second-order valence-electron chi connectivity index (χ2n) is 2.65. The first-order chi connectivity index (χ1) is 5.83. The van der Waals surface area contributed by atoms with Crippen molar-refractivity contribution in [2.24, 2.45) is 5.73 Å². The predicted molar refractivity (Wildman–Crippen MR) is 46.1 cm³/mol. The Hall–Kier alpha value is -1.40. The number of nitrogens with two attached hydrogens (primary N) is 1. The van der Waals surface area contributed by atoms with Gasteiger partial charge in [0.05, 0.1) is 12.5 Å². The van der Waals surface area contributed by atoms with E-state index in [9.17, 15) is 0 Å². The summed E-state index contributed by atoms with van der Waals surface area (Å²) in [6, 6.07) is 7.63. The summed E-state index contributed by atoms with van der Waals surface area (Å²) >= 11 is 0. The van der Waals surface area contributed by atoms with Crippen LogP contribution >= 0.6 is 0 Å². The molecule has 0 fully saturated rings. The average Bonchev–Trinajstić information content (AvgIpc) is 2.06. The molecule has 0 aromatic carbocycles. The van der Waals surface area contributed by atoms with Crippen molar-refractivity contribution in [1.82, 2.24) is 4.98 Å². The van der Waals surface area contributed by atoms with E-state index in [1.165, 1.54) is 0 Å². The third-order valence-electron chi connectivity index (χ3n) is 1.55. The van der Waals surface area contributed by atoms with Crippen molar-refractivity contribution < 1.29 is 0 Å². The van der Waals surface area contributed by atoms with Crippen LogP contribution < -0.4 is 5.73 Å². The van der Waals surface area contributed by atoms with E-state index in [1.807, 2.05) is 24.3 Å². The molecule has 1 aromatic rings. The maximum Gasteiger partial charge on any atom is 0.0638 e. The number of pyridine rings is 1. The molecule has 0 unspecified atom stereocenters. The molecule has 1 aromatic heterocycles. The van der Waals surface area contributed by atoms with Crippen molar-refractivity contribution >= 4 is 0 Å². The molecule has 2 N–H and O–H groups in total. The molecule has 12 heavy (non-hydrogen) atoms. The van der Waals surface area contributed by atoms with Crippen LogP contribution in [0.3, 0.4) is 0 Å². The van der Waals surface area contributed by atoms with E-state index in [0.29, 0.717) is 12.8 Å². The molecule has 62 valence electrons. The van der Waals surface area contributed by atoms with E-state index < -0.39 is 0 Å². The molecule has 0 aliphatic carbocycles. The van der Waals surface area contributed by atoms with E-state index >= 15 is 0 Å². The van der Waals surface area contributed by atoms with Gasteiger partial charge in [0, 0.05) is 24.4 Å². The van der Waals surface area contributed by atoms with Crippen LogP contribution in [-0.4, -0.2) is 11.0 Å². The summed E-state index contributed by atoms with van der Waals surface area (Å²) in [6.45, 7) is 0. The third-order valence-corrected chi connectivity index (χ3v) is 1.55. The molecular formula is C9H11N3. The number of hydrogen-bond acceptors (Lipinski definition) is 3. The second-order valence-corrected chi connectivity index (χ2v) is 2.65. The summed E-state index contributed by atoms with van der Waals surface area (Å²) in [5, 5.41) is 8.36. The van der Waals surface area contributed by atoms with Crippen LogP contribution in [0.4, 0.5) is 0 Å². The average molecular weight is 161 g/mol. The molecule has 0 aliphatic heterocycles. The standard InChI is InChI=1S/C9H11N3/c10-5-4-8(11)7-9-3-1-2-6-12-9/h1-3,6,8H,4,7,11H2/t8-/m0/s1. The number of nitrogens with zero attached hydrogens (tertiary/aromatic N) is 2. The van der Waals surface area contributed by atoms with Gasteiger partial charge in [-0.25, -0.2) is 0 Å². The van der Waals surface area contributed by atoms with Gasteiger partial charge in [0.25, 0.3) is 0 Å². The first-order valence-corrected chi connectivity index (χ1v) is 3.85. The SMILES string of the molecule is N#CC[C@H](N)Cc1ccccn1. The van der Waals surface area contributed by atoms with Crippen LogP contribution in [0.5, 0.6) is 0 Å². The van der Waals surface area contributed by atoms with Crippen LogP contribution in [0, 0.1) is 11.3 Å². The minimum atomic E-state index is -0.0927. The largest absolute Gasteiger partial charge is 0.326 e. The van der Waals surface area contributed by atoms with Crippen LogP contribution in [-0.2, 0) is 6.42 Å². The first-order valence-electron chi connectivity index (χ1n) is 3.85. The van der Waals surface area contributed by atoms with Crippen LogP contribution in [0.15, 0.2) is 24.4 Å². The lowest BCUT2D eigenvalue weighted by atomic mass is 10.1. The summed E-state index contributed by atoms with van der Waals surface area (Å²) in [4.78, 5) is 4.11. The lowest BCUT2D eigenvalue weighted by Gasteiger charge is -2.04. The molecule has 1 heterocycles. The highest BCUT2D eigenvalue weighted by Gasteiger charge is 2.02. The highest BCUT2D eigenvalue weighted by Crippen LogP contribution is 1.99. The van der Waals surface area contributed by atoms with Gasteiger partial charge in [0.1, 0.15) is 0 Å². The molecule has 3 nitrogen and oxygen atoms in total. The Kier molecular flexibility index (Phi) is 3.24. The Balaban J connectivity index is 2.48. The van der Waals surface area contributed by atoms with E-state index in [4.69, 9.17) is 11.0 Å². The molecule has 0 amide bonds. The van der Waals surface area contributed by atoms with E-state index in [-0.39, 0.29) is 6.04 Å². The first kappa shape index (κ1) is 8.69. The van der Waals surface area contributed by atoms with E-state index in [1.54, 1.807) is 6.20 Å². The molecule has 3 heteroatoms. The molecule has 0 radical (unpaired) electrons. The number of rotatable bonds is 3. The predicted octanol–water partition coefficient (Wildman–Crippen LogP) is 0.865. The molecule has 0 spiro atoms. The molecule has 0 bridgehead atoms. The maximum absolute atomic E-state index is 8.36. The van der Waals surface area contributed by atoms with Gasteiger partial charge in [0.15, 0.2) is 0 Å². The highest BCUT2D eigenvalue weighted by atomic mass is 14.7. The Morgan fingerprint density at radius 2 is 2.42 bits per heavy atom. The van der Waals surface area contributed by atoms with Crippen LogP contribution in [0.25, 0.3) is 0 Å². The molecule has 0 aliphatic rings. The lowest BCUT2D eigenvalue weighted by molar-refractivity contribution is 0.673. The molecule has 0 saturated carbocycles. The van der Waals surface area contributed by atoms with Crippen molar-refractivity contribution in [2.45, 2.75) is 18.9 Å². The van der Waals surface area contributed by atoms with Crippen molar-refractivity contribution in [3.05, 3.63) is 30.1 Å². The lowest BCUT2D eigenvalue weighted by Crippen LogP contribution is -2.22. The third kappa shape index (κ3) is 2.69. The normalized spacial score (nSPS) is 12.0. The van der Waals surface area contributed by atoms with Crippen LogP contribution in [0.2, 0.25) is 0 Å². The van der Waals surface area contributed by atoms with E-state index in [0.717, 1.165) is 5.69 Å². The summed E-state index contributed by atoms with van der Waals surface area (Å²) in [6.07, 6.45) is 2.79. The minimum absolute atomic E-state index is 0.0927. The Morgan fingerprint density at radius 3 is 3.00 bits per heavy atom. The van der Waals surface area contributed by atoms with Crippen molar-refractivity contribution in [1.29, 1.82) is 5.26 Å². The zero-order valence-corrected chi connectivity index (χ0v) is 6.77. The Labute approximate surface area is 71.8 Å². The monoisotopic (exact) mass is 161 g/mol. The fourth-order valence-corrected chi connectivity index (χ4v) is 0.977. The number of hydrogen-bond donors (Lipinski definition) is 1. The van der Waals surface area contributed by atoms with Gasteiger partial charge in [-0.05, 0) is 12.1 Å². The van der Waals surface area contributed by atoms with E-state index in [2.05, 4.69) is 4.98 Å². The zero-order valence-electron chi connectivity index (χ0n) is 6.77. The Bertz CT molecular complexity index is 263. The minimum Gasteiger partial charge on any atom is -0.326 e. The number of nitriles is 1. The summed E-state index contributed by atoms with van der Waals surface area (Å²) in [5.41, 5.74) is 6.60.